The predicted molar refractivity (Wildman–Crippen MR) is 67.4 cm³/mol. The van der Waals surface area contributed by atoms with Gasteiger partial charge >= 0.3 is 37.7 Å². The summed E-state index contributed by atoms with van der Waals surface area (Å²) in [6, 6.07) is 8.53. The van der Waals surface area contributed by atoms with Gasteiger partial charge in [0.05, 0.1) is 0 Å². The Morgan fingerprint density at radius 2 is 1.57 bits per heavy atom. The second-order valence-corrected chi connectivity index (χ2v) is 4.38. The molecule has 1 aromatic rings. The maximum absolute atomic E-state index is 11.6. The summed E-state index contributed by atoms with van der Waals surface area (Å²) >= 11 is 0. The van der Waals surface area contributed by atoms with E-state index in [0.29, 0.717) is 5.69 Å². The maximum atomic E-state index is 11.6. The van der Waals surface area contributed by atoms with Crippen molar-refractivity contribution in [3.8, 4) is 0 Å². The Morgan fingerprint density at radius 1 is 1.00 bits per heavy atom. The molecule has 1 amide bonds. The number of ketones is 1. The largest absolute Gasteiger partial charge is 1.00 e. The number of aliphatic carboxylic acids is 2. The summed E-state index contributed by atoms with van der Waals surface area (Å²) < 4.78 is 0. The van der Waals surface area contributed by atoms with Gasteiger partial charge in [-0.25, -0.2) is 0 Å². The summed E-state index contributed by atoms with van der Waals surface area (Å²) in [4.78, 5) is 43.7. The van der Waals surface area contributed by atoms with E-state index in [0.717, 1.165) is 0 Å². The molecule has 0 aliphatic carbocycles. The molecule has 0 saturated carbocycles. The molecule has 1 unspecified atom stereocenters. The molecular weight excluding hydrogens is 292 g/mol. The van der Waals surface area contributed by atoms with Crippen molar-refractivity contribution in [1.82, 2.24) is 0 Å². The quantitative estimate of drug-likeness (QED) is 0.375. The third-order valence-corrected chi connectivity index (χ3v) is 2.77. The van der Waals surface area contributed by atoms with Crippen LogP contribution < -0.4 is 53.3 Å². The standard InChI is InChI=1S/C14H15NO6.2Li/c16-11(14(20)21)8-9(13(18)19)6-7-12(17)15-10-4-2-1-3-5-10;;/h1-5,9H,6-8H2,(H,15,17)(H,18,19)(H,20,21);;/q;2*+1/p-2. The monoisotopic (exact) mass is 305 g/mol. The zero-order valence-corrected chi connectivity index (χ0v) is 13.0. The predicted octanol–water partition coefficient (Wildman–Crippen LogP) is -7.51. The first kappa shape index (κ1) is 23.8. The normalized spacial score (nSPS) is 10.4. The molecule has 7 nitrogen and oxygen atoms in total. The van der Waals surface area contributed by atoms with Crippen LogP contribution in [0, 0.1) is 5.92 Å². The Kier molecular flexibility index (Phi) is 12.4. The number of nitrogens with one attached hydrogen (secondary N) is 1. The van der Waals surface area contributed by atoms with Crippen molar-refractivity contribution < 1.29 is 67.1 Å². The Balaban J connectivity index is 0. The van der Waals surface area contributed by atoms with Gasteiger partial charge in [-0.2, -0.15) is 0 Å². The molecule has 0 aliphatic heterocycles. The fourth-order valence-electron chi connectivity index (χ4n) is 1.66. The molecule has 0 heterocycles. The topological polar surface area (TPSA) is 126 Å². The molecule has 0 aliphatic rings. The first-order chi connectivity index (χ1) is 9.90. The molecule has 1 rings (SSSR count). The molecule has 0 saturated heterocycles. The number of carboxylic acid groups (broad SMARTS) is 2. The zero-order valence-electron chi connectivity index (χ0n) is 13.0. The van der Waals surface area contributed by atoms with E-state index in [1.807, 2.05) is 0 Å². The molecule has 1 aromatic carbocycles. The summed E-state index contributed by atoms with van der Waals surface area (Å²) in [5.41, 5.74) is 0.554. The van der Waals surface area contributed by atoms with E-state index in [1.54, 1.807) is 30.3 Å². The summed E-state index contributed by atoms with van der Waals surface area (Å²) in [5, 5.41) is 23.6. The number of Topliss-reactive ketones (excluding diaryl/α,β-unsaturated/α-hetero) is 1. The molecular formula is C14H13Li2NO6. The van der Waals surface area contributed by atoms with Gasteiger partial charge in [0.2, 0.25) is 5.91 Å². The fraction of sp³-hybridized carbons (Fsp3) is 0.286. The van der Waals surface area contributed by atoms with Gasteiger partial charge in [0, 0.05) is 30.4 Å². The average molecular weight is 305 g/mol. The number of para-hydroxylation sites is 1. The third-order valence-electron chi connectivity index (χ3n) is 2.77. The number of carbonyl (C=O) groups excluding carboxylic acids is 4. The molecule has 0 bridgehead atoms. The van der Waals surface area contributed by atoms with E-state index in [-0.39, 0.29) is 50.6 Å². The summed E-state index contributed by atoms with van der Waals surface area (Å²) in [7, 11) is 0. The van der Waals surface area contributed by atoms with Crippen LogP contribution in [0.5, 0.6) is 0 Å². The Bertz CT molecular complexity index is 549. The first-order valence-electron chi connectivity index (χ1n) is 6.20. The number of rotatable bonds is 8. The number of anilines is 1. The molecule has 1 atom stereocenters. The van der Waals surface area contributed by atoms with Crippen molar-refractivity contribution in [2.45, 2.75) is 19.3 Å². The molecule has 0 aromatic heterocycles. The number of carbonyl (C=O) groups is 4. The second-order valence-electron chi connectivity index (χ2n) is 4.38. The molecule has 23 heavy (non-hydrogen) atoms. The van der Waals surface area contributed by atoms with Gasteiger partial charge in [0.15, 0.2) is 5.78 Å². The van der Waals surface area contributed by atoms with Gasteiger partial charge in [-0.3, -0.25) is 9.59 Å². The van der Waals surface area contributed by atoms with Gasteiger partial charge in [-0.05, 0) is 18.6 Å². The summed E-state index contributed by atoms with van der Waals surface area (Å²) in [6.45, 7) is 0. The van der Waals surface area contributed by atoms with Crippen LogP contribution in [-0.4, -0.2) is 23.6 Å². The van der Waals surface area contributed by atoms with E-state index in [9.17, 15) is 29.4 Å². The van der Waals surface area contributed by atoms with Crippen LogP contribution in [0.25, 0.3) is 0 Å². The van der Waals surface area contributed by atoms with Crippen LogP contribution in [0.15, 0.2) is 30.3 Å². The molecule has 0 radical (unpaired) electrons. The number of hydrogen-bond donors (Lipinski definition) is 1. The van der Waals surface area contributed by atoms with Gasteiger partial charge in [0.1, 0.15) is 5.97 Å². The second kappa shape index (κ2) is 12.0. The average Bonchev–Trinajstić information content (AvgIpc) is 2.43. The Morgan fingerprint density at radius 3 is 2.04 bits per heavy atom. The van der Waals surface area contributed by atoms with E-state index in [4.69, 9.17) is 0 Å². The molecule has 112 valence electrons. The number of amides is 1. The van der Waals surface area contributed by atoms with E-state index < -0.39 is 36.0 Å². The van der Waals surface area contributed by atoms with Crippen molar-refractivity contribution in [2.24, 2.45) is 5.92 Å². The van der Waals surface area contributed by atoms with Crippen LogP contribution in [0.3, 0.4) is 0 Å². The third kappa shape index (κ3) is 9.27. The zero-order chi connectivity index (χ0) is 15.8. The molecule has 0 spiro atoms. The Labute approximate surface area is 157 Å². The van der Waals surface area contributed by atoms with E-state index in [1.165, 1.54) is 0 Å². The maximum Gasteiger partial charge on any atom is 1.00 e. The van der Waals surface area contributed by atoms with E-state index >= 15 is 0 Å². The molecule has 0 fully saturated rings. The van der Waals surface area contributed by atoms with Crippen molar-refractivity contribution in [2.75, 3.05) is 5.32 Å². The van der Waals surface area contributed by atoms with Crippen LogP contribution in [-0.2, 0) is 19.2 Å². The number of hydrogen-bond acceptors (Lipinski definition) is 6. The minimum Gasteiger partial charge on any atom is -0.550 e. The Hall–Kier alpha value is -1.51. The number of benzene rings is 1. The fourth-order valence-corrected chi connectivity index (χ4v) is 1.66. The van der Waals surface area contributed by atoms with Crippen molar-refractivity contribution in [1.29, 1.82) is 0 Å². The van der Waals surface area contributed by atoms with Crippen LogP contribution in [0.2, 0.25) is 0 Å². The van der Waals surface area contributed by atoms with Crippen molar-refractivity contribution in [3.63, 3.8) is 0 Å². The van der Waals surface area contributed by atoms with Gasteiger partial charge in [-0.1, -0.05) is 18.2 Å². The smallest absolute Gasteiger partial charge is 0.550 e. The van der Waals surface area contributed by atoms with Crippen LogP contribution in [0.1, 0.15) is 19.3 Å². The van der Waals surface area contributed by atoms with Crippen LogP contribution in [0.4, 0.5) is 5.69 Å². The SMILES string of the molecule is O=C(CCC(CC(=O)C(=O)[O-])C(=O)[O-])Nc1ccccc1.[Li+].[Li+]. The van der Waals surface area contributed by atoms with Gasteiger partial charge < -0.3 is 25.1 Å². The molecule has 1 N–H and O–H groups in total. The van der Waals surface area contributed by atoms with Crippen molar-refractivity contribution in [3.05, 3.63) is 30.3 Å². The van der Waals surface area contributed by atoms with Crippen molar-refractivity contribution >= 4 is 29.3 Å². The van der Waals surface area contributed by atoms with Gasteiger partial charge in [-0.15, -0.1) is 0 Å². The van der Waals surface area contributed by atoms with E-state index in [2.05, 4.69) is 5.32 Å². The minimum absolute atomic E-state index is 0. The van der Waals surface area contributed by atoms with Gasteiger partial charge in [0.25, 0.3) is 0 Å². The summed E-state index contributed by atoms with van der Waals surface area (Å²) in [6.07, 6.45) is -1.11. The first-order valence-corrected chi connectivity index (χ1v) is 6.20. The molecule has 9 heteroatoms. The summed E-state index contributed by atoms with van der Waals surface area (Å²) in [5.74, 6) is -6.62. The minimum atomic E-state index is -1.95. The van der Waals surface area contributed by atoms with Crippen LogP contribution >= 0.6 is 0 Å². The number of carboxylic acids is 2.